The third kappa shape index (κ3) is 8.84. The first-order valence-electron chi connectivity index (χ1n) is 9.73. The fourth-order valence-electron chi connectivity index (χ4n) is 3.53. The zero-order chi connectivity index (χ0) is 17.8. The summed E-state index contributed by atoms with van der Waals surface area (Å²) >= 11 is 0. The molecule has 1 aliphatic carbocycles. The van der Waals surface area contributed by atoms with Crippen molar-refractivity contribution < 1.29 is 19.7 Å². The summed E-state index contributed by atoms with van der Waals surface area (Å²) in [5, 5.41) is 20.7. The molecule has 1 saturated carbocycles. The van der Waals surface area contributed by atoms with Gasteiger partial charge in [-0.15, -0.1) is 0 Å². The fraction of sp³-hybridized carbons (Fsp3) is 0.850. The van der Waals surface area contributed by atoms with Gasteiger partial charge in [-0.05, 0) is 44.9 Å². The molecule has 1 aliphatic rings. The van der Waals surface area contributed by atoms with E-state index in [1.54, 1.807) is 6.92 Å². The average molecular weight is 341 g/mol. The second-order valence-electron chi connectivity index (χ2n) is 7.22. The van der Waals surface area contributed by atoms with Crippen molar-refractivity contribution in [1.29, 1.82) is 0 Å². The number of unbranched alkanes of at least 4 members (excludes halogenated alkanes) is 4. The van der Waals surface area contributed by atoms with Gasteiger partial charge in [0.25, 0.3) is 0 Å². The van der Waals surface area contributed by atoms with Crippen molar-refractivity contribution in [2.24, 2.45) is 5.92 Å². The molecule has 1 rings (SSSR count). The molecular weight excluding hydrogens is 304 g/mol. The van der Waals surface area contributed by atoms with Gasteiger partial charge in [0.2, 0.25) is 0 Å². The van der Waals surface area contributed by atoms with E-state index in [1.807, 2.05) is 12.2 Å². The summed E-state index contributed by atoms with van der Waals surface area (Å²) in [5.41, 5.74) is -0.954. The molecule has 2 N–H and O–H groups in total. The lowest BCUT2D eigenvalue weighted by atomic mass is 9.76. The van der Waals surface area contributed by atoms with Crippen LogP contribution in [0.1, 0.15) is 84.5 Å². The maximum absolute atomic E-state index is 11.6. The van der Waals surface area contributed by atoms with Crippen LogP contribution in [0.25, 0.3) is 0 Å². The molecule has 0 aromatic carbocycles. The number of aliphatic hydroxyl groups excluding tert-OH is 1. The number of carbonyl (C=O) groups excluding carboxylic acids is 1. The predicted octanol–water partition coefficient (Wildman–Crippen LogP) is 4.14. The Hall–Kier alpha value is -0.870. The van der Waals surface area contributed by atoms with E-state index in [2.05, 4.69) is 6.92 Å². The van der Waals surface area contributed by atoms with Gasteiger partial charge >= 0.3 is 5.97 Å². The highest BCUT2D eigenvalue weighted by atomic mass is 16.5. The first-order valence-corrected chi connectivity index (χ1v) is 9.73. The third-order valence-corrected chi connectivity index (χ3v) is 4.85. The zero-order valence-electron chi connectivity index (χ0n) is 15.5. The van der Waals surface area contributed by atoms with E-state index < -0.39 is 11.7 Å². The van der Waals surface area contributed by atoms with E-state index in [-0.39, 0.29) is 18.3 Å². The number of rotatable bonds is 11. The number of ether oxygens (including phenoxy) is 1. The van der Waals surface area contributed by atoms with Crippen LogP contribution in [-0.2, 0) is 9.53 Å². The van der Waals surface area contributed by atoms with Gasteiger partial charge in [-0.25, -0.2) is 0 Å². The monoisotopic (exact) mass is 340 g/mol. The molecule has 0 spiro atoms. The van der Waals surface area contributed by atoms with Crippen LogP contribution in [-0.4, -0.2) is 34.5 Å². The van der Waals surface area contributed by atoms with Crippen LogP contribution in [0.2, 0.25) is 0 Å². The van der Waals surface area contributed by atoms with Gasteiger partial charge < -0.3 is 14.9 Å². The van der Waals surface area contributed by atoms with Crippen molar-refractivity contribution in [3.63, 3.8) is 0 Å². The van der Waals surface area contributed by atoms with Crippen LogP contribution in [0.15, 0.2) is 12.2 Å². The quantitative estimate of drug-likeness (QED) is 0.337. The highest BCUT2D eigenvalue weighted by Gasteiger charge is 2.35. The minimum absolute atomic E-state index is 0.0746. The van der Waals surface area contributed by atoms with Gasteiger partial charge in [-0.1, -0.05) is 51.2 Å². The molecule has 3 atom stereocenters. The highest BCUT2D eigenvalue weighted by Crippen LogP contribution is 2.35. The first kappa shape index (κ1) is 21.2. The lowest BCUT2D eigenvalue weighted by Crippen LogP contribution is -2.37. The minimum atomic E-state index is -0.954. The number of hydrogen-bond acceptors (Lipinski definition) is 4. The molecule has 140 valence electrons. The molecule has 3 unspecified atom stereocenters. The van der Waals surface area contributed by atoms with Crippen LogP contribution in [0, 0.1) is 5.92 Å². The van der Waals surface area contributed by atoms with Crippen LogP contribution >= 0.6 is 0 Å². The maximum atomic E-state index is 11.6. The lowest BCUT2D eigenvalue weighted by Gasteiger charge is -2.35. The largest absolute Gasteiger partial charge is 0.466 e. The van der Waals surface area contributed by atoms with Gasteiger partial charge in [0.15, 0.2) is 0 Å². The van der Waals surface area contributed by atoms with Gasteiger partial charge in [-0.3, -0.25) is 4.79 Å². The van der Waals surface area contributed by atoms with E-state index in [0.717, 1.165) is 25.7 Å². The predicted molar refractivity (Wildman–Crippen MR) is 96.7 cm³/mol. The first-order chi connectivity index (χ1) is 11.5. The van der Waals surface area contributed by atoms with E-state index in [4.69, 9.17) is 4.74 Å². The third-order valence-electron chi connectivity index (χ3n) is 4.85. The SMILES string of the molecule is CCCCCCCC(O)C=CC1CCCC(O)(CC(=O)OCC)C1. The molecule has 0 aliphatic heterocycles. The van der Waals surface area contributed by atoms with Crippen LogP contribution in [0.3, 0.4) is 0 Å². The van der Waals surface area contributed by atoms with Gasteiger partial charge in [0, 0.05) is 0 Å². The number of carbonyl (C=O) groups is 1. The Morgan fingerprint density at radius 1 is 1.29 bits per heavy atom. The van der Waals surface area contributed by atoms with Crippen LogP contribution in [0.4, 0.5) is 0 Å². The number of hydrogen-bond donors (Lipinski definition) is 2. The highest BCUT2D eigenvalue weighted by molar-refractivity contribution is 5.70. The van der Waals surface area contributed by atoms with E-state index in [9.17, 15) is 15.0 Å². The topological polar surface area (TPSA) is 66.8 Å². The van der Waals surface area contributed by atoms with Gasteiger partial charge in [-0.2, -0.15) is 0 Å². The number of allylic oxidation sites excluding steroid dienone is 1. The second-order valence-corrected chi connectivity index (χ2v) is 7.22. The Kier molecular flexibility index (Phi) is 10.3. The van der Waals surface area contributed by atoms with E-state index in [0.29, 0.717) is 19.4 Å². The number of esters is 1. The Bertz CT molecular complexity index is 380. The molecule has 0 heterocycles. The molecule has 0 aromatic rings. The normalized spacial score (nSPS) is 25.8. The summed E-state index contributed by atoms with van der Waals surface area (Å²) in [6, 6.07) is 0. The molecule has 4 heteroatoms. The molecule has 0 amide bonds. The lowest BCUT2D eigenvalue weighted by molar-refractivity contribution is -0.150. The van der Waals surface area contributed by atoms with Crippen molar-refractivity contribution in [1.82, 2.24) is 0 Å². The van der Waals surface area contributed by atoms with Gasteiger partial charge in [0.1, 0.15) is 0 Å². The fourth-order valence-corrected chi connectivity index (χ4v) is 3.53. The standard InChI is InChI=1S/C20H36O4/c1-3-5-6-7-8-11-18(21)13-12-17-10-9-14-20(23,15-17)16-19(22)24-4-2/h12-13,17-18,21,23H,3-11,14-16H2,1-2H3. The van der Waals surface area contributed by atoms with Gasteiger partial charge in [0.05, 0.1) is 24.7 Å². The molecule has 0 saturated heterocycles. The van der Waals surface area contributed by atoms with Crippen molar-refractivity contribution in [3.8, 4) is 0 Å². The van der Waals surface area contributed by atoms with Crippen LogP contribution in [0.5, 0.6) is 0 Å². The Labute approximate surface area is 147 Å². The maximum Gasteiger partial charge on any atom is 0.308 e. The molecule has 0 radical (unpaired) electrons. The summed E-state index contributed by atoms with van der Waals surface area (Å²) in [6.45, 7) is 4.32. The van der Waals surface area contributed by atoms with Crippen molar-refractivity contribution >= 4 is 5.97 Å². The summed E-state index contributed by atoms with van der Waals surface area (Å²) in [4.78, 5) is 11.6. The molecular formula is C20H36O4. The number of aliphatic hydroxyl groups is 2. The van der Waals surface area contributed by atoms with Crippen LogP contribution < -0.4 is 0 Å². The molecule has 1 fully saturated rings. The Morgan fingerprint density at radius 2 is 2.04 bits per heavy atom. The van der Waals surface area contributed by atoms with Crippen molar-refractivity contribution in [2.45, 2.75) is 96.2 Å². The van der Waals surface area contributed by atoms with E-state index >= 15 is 0 Å². The summed E-state index contributed by atoms with van der Waals surface area (Å²) in [7, 11) is 0. The molecule has 4 nitrogen and oxygen atoms in total. The molecule has 0 aromatic heterocycles. The second kappa shape index (κ2) is 11.6. The summed E-state index contributed by atoms with van der Waals surface area (Å²) < 4.78 is 4.96. The van der Waals surface area contributed by atoms with E-state index in [1.165, 1.54) is 25.7 Å². The van der Waals surface area contributed by atoms with Crippen molar-refractivity contribution in [2.75, 3.05) is 6.61 Å². The minimum Gasteiger partial charge on any atom is -0.466 e. The smallest absolute Gasteiger partial charge is 0.308 e. The van der Waals surface area contributed by atoms with Crippen molar-refractivity contribution in [3.05, 3.63) is 12.2 Å². The summed E-state index contributed by atoms with van der Waals surface area (Å²) in [6.07, 6.45) is 13.5. The average Bonchev–Trinajstić information content (AvgIpc) is 2.52. The Balaban J connectivity index is 2.34. The molecule has 0 bridgehead atoms. The Morgan fingerprint density at radius 3 is 2.75 bits per heavy atom. The summed E-state index contributed by atoms with van der Waals surface area (Å²) in [5.74, 6) is -0.0929. The molecule has 24 heavy (non-hydrogen) atoms. The zero-order valence-corrected chi connectivity index (χ0v) is 15.5.